The molecule has 104 valence electrons. The summed E-state index contributed by atoms with van der Waals surface area (Å²) in [5, 5.41) is 1.89. The van der Waals surface area contributed by atoms with E-state index in [0.717, 1.165) is 30.7 Å². The molecule has 0 radical (unpaired) electrons. The first-order valence-electron chi connectivity index (χ1n) is 6.21. The first-order chi connectivity index (χ1) is 9.04. The second-order valence-corrected chi connectivity index (χ2v) is 5.65. The van der Waals surface area contributed by atoms with Crippen LogP contribution >= 0.6 is 15.9 Å². The molecule has 1 saturated heterocycles. The van der Waals surface area contributed by atoms with E-state index in [4.69, 9.17) is 0 Å². The fraction of sp³-hybridized carbons (Fsp3) is 0.462. The lowest BCUT2D eigenvalue weighted by Crippen LogP contribution is -2.52. The summed E-state index contributed by atoms with van der Waals surface area (Å²) in [7, 11) is 2.05. The van der Waals surface area contributed by atoms with Crippen LogP contribution in [0.3, 0.4) is 0 Å². The Bertz CT molecular complexity index is 461. The summed E-state index contributed by atoms with van der Waals surface area (Å²) < 4.78 is 14.3. The van der Waals surface area contributed by atoms with E-state index >= 15 is 0 Å². The Hall–Kier alpha value is -0.980. The molecule has 1 fully saturated rings. The molecule has 1 aliphatic rings. The summed E-state index contributed by atoms with van der Waals surface area (Å²) in [5.41, 5.74) is 3.22. The monoisotopic (exact) mass is 329 g/mol. The van der Waals surface area contributed by atoms with E-state index < -0.39 is 0 Å². The molecule has 1 N–H and O–H groups in total. The SMILES string of the molecule is CN1CCN(NC(=O)Cc2cc(Br)ccc2F)CC1. The number of amides is 1. The molecule has 0 atom stereocenters. The topological polar surface area (TPSA) is 35.6 Å². The van der Waals surface area contributed by atoms with Crippen LogP contribution in [0.5, 0.6) is 0 Å². The number of benzene rings is 1. The van der Waals surface area contributed by atoms with Crippen molar-refractivity contribution in [1.29, 1.82) is 0 Å². The molecule has 0 saturated carbocycles. The first kappa shape index (κ1) is 14.4. The quantitative estimate of drug-likeness (QED) is 0.910. The van der Waals surface area contributed by atoms with E-state index in [2.05, 4.69) is 33.3 Å². The maximum absolute atomic E-state index is 13.5. The van der Waals surface area contributed by atoms with Gasteiger partial charge in [-0.05, 0) is 30.8 Å². The van der Waals surface area contributed by atoms with Crippen molar-refractivity contribution in [2.45, 2.75) is 6.42 Å². The zero-order valence-corrected chi connectivity index (χ0v) is 12.4. The minimum absolute atomic E-state index is 0.0532. The van der Waals surface area contributed by atoms with Gasteiger partial charge < -0.3 is 4.90 Å². The first-order valence-corrected chi connectivity index (χ1v) is 7.01. The Morgan fingerprint density at radius 1 is 1.37 bits per heavy atom. The molecule has 2 rings (SSSR count). The highest BCUT2D eigenvalue weighted by Gasteiger charge is 2.16. The molecule has 0 aliphatic carbocycles. The molecule has 6 heteroatoms. The number of carbonyl (C=O) groups excluding carboxylic acids is 1. The predicted octanol–water partition coefficient (Wildman–Crippen LogP) is 1.41. The van der Waals surface area contributed by atoms with E-state index in [9.17, 15) is 9.18 Å². The number of hydrogen-bond donors (Lipinski definition) is 1. The summed E-state index contributed by atoms with van der Waals surface area (Å²) in [6.07, 6.45) is 0.0532. The number of likely N-dealkylation sites (N-methyl/N-ethyl adjacent to an activating group) is 1. The summed E-state index contributed by atoms with van der Waals surface area (Å²) in [6.45, 7) is 3.43. The van der Waals surface area contributed by atoms with Gasteiger partial charge >= 0.3 is 0 Å². The normalized spacial score (nSPS) is 17.4. The Labute approximate surface area is 120 Å². The van der Waals surface area contributed by atoms with Gasteiger partial charge in [0.2, 0.25) is 5.91 Å². The average Bonchev–Trinajstić information content (AvgIpc) is 2.37. The molecule has 0 bridgehead atoms. The van der Waals surface area contributed by atoms with Crippen LogP contribution in [-0.2, 0) is 11.2 Å². The van der Waals surface area contributed by atoms with Gasteiger partial charge in [-0.1, -0.05) is 15.9 Å². The highest BCUT2D eigenvalue weighted by molar-refractivity contribution is 9.10. The lowest BCUT2D eigenvalue weighted by molar-refractivity contribution is -0.126. The van der Waals surface area contributed by atoms with E-state index in [0.29, 0.717) is 5.56 Å². The van der Waals surface area contributed by atoms with Gasteiger partial charge in [0.15, 0.2) is 0 Å². The molecule has 1 aromatic rings. The van der Waals surface area contributed by atoms with Crippen molar-refractivity contribution in [3.63, 3.8) is 0 Å². The molecular formula is C13H17BrFN3O. The number of rotatable bonds is 3. The molecule has 0 aromatic heterocycles. The Morgan fingerprint density at radius 3 is 2.74 bits per heavy atom. The Balaban J connectivity index is 1.89. The largest absolute Gasteiger partial charge is 0.304 e. The predicted molar refractivity (Wildman–Crippen MR) is 75.0 cm³/mol. The van der Waals surface area contributed by atoms with E-state index in [1.54, 1.807) is 12.1 Å². The summed E-state index contributed by atoms with van der Waals surface area (Å²) in [6, 6.07) is 4.62. The zero-order chi connectivity index (χ0) is 13.8. The molecular weight excluding hydrogens is 313 g/mol. The van der Waals surface area contributed by atoms with Gasteiger partial charge in [0, 0.05) is 30.7 Å². The maximum Gasteiger partial charge on any atom is 0.238 e. The van der Waals surface area contributed by atoms with E-state index in [-0.39, 0.29) is 18.1 Å². The van der Waals surface area contributed by atoms with Gasteiger partial charge in [0.25, 0.3) is 0 Å². The molecule has 1 amide bonds. The van der Waals surface area contributed by atoms with Crippen LogP contribution in [0.4, 0.5) is 4.39 Å². The standard InChI is InChI=1S/C13H17BrFN3O/c1-17-4-6-18(7-5-17)16-13(19)9-10-8-11(14)2-3-12(10)15/h2-3,8H,4-7,9H2,1H3,(H,16,19). The summed E-state index contributed by atoms with van der Waals surface area (Å²) >= 11 is 3.28. The molecule has 19 heavy (non-hydrogen) atoms. The molecule has 1 aromatic carbocycles. The summed E-state index contributed by atoms with van der Waals surface area (Å²) in [4.78, 5) is 14.1. The second kappa shape index (κ2) is 6.45. The van der Waals surface area contributed by atoms with E-state index in [1.807, 2.05) is 5.01 Å². The van der Waals surface area contributed by atoms with Crippen molar-refractivity contribution in [3.05, 3.63) is 34.1 Å². The van der Waals surface area contributed by atoms with Crippen LogP contribution in [0.1, 0.15) is 5.56 Å². The molecule has 0 spiro atoms. The van der Waals surface area contributed by atoms with Gasteiger partial charge in [0.05, 0.1) is 6.42 Å². The van der Waals surface area contributed by atoms with Crippen molar-refractivity contribution in [1.82, 2.24) is 15.3 Å². The van der Waals surface area contributed by atoms with Crippen molar-refractivity contribution in [2.24, 2.45) is 0 Å². The van der Waals surface area contributed by atoms with Crippen molar-refractivity contribution in [3.8, 4) is 0 Å². The van der Waals surface area contributed by atoms with Crippen LogP contribution in [0.2, 0.25) is 0 Å². The fourth-order valence-electron chi connectivity index (χ4n) is 1.99. The van der Waals surface area contributed by atoms with Crippen LogP contribution in [0.25, 0.3) is 0 Å². The van der Waals surface area contributed by atoms with Gasteiger partial charge in [-0.25, -0.2) is 9.40 Å². The van der Waals surface area contributed by atoms with Gasteiger partial charge in [-0.15, -0.1) is 0 Å². The van der Waals surface area contributed by atoms with Crippen molar-refractivity contribution >= 4 is 21.8 Å². The van der Waals surface area contributed by atoms with E-state index in [1.165, 1.54) is 6.07 Å². The highest BCUT2D eigenvalue weighted by Crippen LogP contribution is 2.16. The molecule has 0 unspecified atom stereocenters. The summed E-state index contributed by atoms with van der Waals surface area (Å²) in [5.74, 6) is -0.529. The minimum Gasteiger partial charge on any atom is -0.304 e. The average molecular weight is 330 g/mol. The van der Waals surface area contributed by atoms with Crippen LogP contribution in [0.15, 0.2) is 22.7 Å². The fourth-order valence-corrected chi connectivity index (χ4v) is 2.39. The number of halogens is 2. The maximum atomic E-state index is 13.5. The number of nitrogens with one attached hydrogen (secondary N) is 1. The van der Waals surface area contributed by atoms with Crippen molar-refractivity contribution in [2.75, 3.05) is 33.2 Å². The lowest BCUT2D eigenvalue weighted by atomic mass is 10.1. The Kier molecular flexibility index (Phi) is 4.90. The molecule has 1 aliphatic heterocycles. The Morgan fingerprint density at radius 2 is 2.05 bits per heavy atom. The molecule has 4 nitrogen and oxygen atoms in total. The third-order valence-corrected chi connectivity index (χ3v) is 3.64. The smallest absolute Gasteiger partial charge is 0.238 e. The third-order valence-electron chi connectivity index (χ3n) is 3.14. The number of hydrogen-bond acceptors (Lipinski definition) is 3. The lowest BCUT2D eigenvalue weighted by Gasteiger charge is -2.32. The van der Waals surface area contributed by atoms with Crippen LogP contribution < -0.4 is 5.43 Å². The van der Waals surface area contributed by atoms with Gasteiger partial charge in [-0.3, -0.25) is 10.2 Å². The second-order valence-electron chi connectivity index (χ2n) is 4.74. The van der Waals surface area contributed by atoms with Crippen molar-refractivity contribution < 1.29 is 9.18 Å². The number of carbonyl (C=O) groups is 1. The molecule has 1 heterocycles. The third kappa shape index (κ3) is 4.26. The number of piperazine rings is 1. The van der Waals surface area contributed by atoms with Gasteiger partial charge in [-0.2, -0.15) is 0 Å². The zero-order valence-electron chi connectivity index (χ0n) is 10.8. The minimum atomic E-state index is -0.350. The number of hydrazine groups is 1. The van der Waals surface area contributed by atoms with Gasteiger partial charge in [0.1, 0.15) is 5.82 Å². The number of nitrogens with zero attached hydrogens (tertiary/aromatic N) is 2. The van der Waals surface area contributed by atoms with Crippen LogP contribution in [-0.4, -0.2) is 49.0 Å². The highest BCUT2D eigenvalue weighted by atomic mass is 79.9. The van der Waals surface area contributed by atoms with Crippen LogP contribution in [0, 0.1) is 5.82 Å².